The molecular weight excluding hydrogens is 228 g/mol. The van der Waals surface area contributed by atoms with Crippen molar-refractivity contribution in [1.29, 1.82) is 0 Å². The van der Waals surface area contributed by atoms with E-state index in [0.29, 0.717) is 5.96 Å². The minimum absolute atomic E-state index is 0.312. The van der Waals surface area contributed by atoms with Crippen LogP contribution in [0.1, 0.15) is 16.7 Å². The summed E-state index contributed by atoms with van der Waals surface area (Å²) in [7, 11) is 2.12. The van der Waals surface area contributed by atoms with Crippen LogP contribution in [-0.2, 0) is 18.8 Å². The fraction of sp³-hybridized carbons (Fsp3) is 0.417. The molecule has 0 saturated heterocycles. The third-order valence-corrected chi connectivity index (χ3v) is 3.53. The van der Waals surface area contributed by atoms with Gasteiger partial charge in [0.2, 0.25) is 11.7 Å². The van der Waals surface area contributed by atoms with E-state index in [1.807, 2.05) is 6.07 Å². The van der Waals surface area contributed by atoms with E-state index in [9.17, 15) is 0 Å². The van der Waals surface area contributed by atoms with Crippen LogP contribution < -0.4 is 22.3 Å². The topological polar surface area (TPSA) is 91.7 Å². The van der Waals surface area contributed by atoms with Gasteiger partial charge in [0.05, 0.1) is 0 Å². The zero-order valence-electron chi connectivity index (χ0n) is 10.4. The summed E-state index contributed by atoms with van der Waals surface area (Å²) in [6.45, 7) is 2.05. The van der Waals surface area contributed by atoms with Gasteiger partial charge in [-0.15, -0.1) is 0 Å². The van der Waals surface area contributed by atoms with Gasteiger partial charge in [-0.05, 0) is 30.7 Å². The smallest absolute Gasteiger partial charge is 0.209 e. The van der Waals surface area contributed by atoms with Gasteiger partial charge < -0.3 is 10.6 Å². The lowest BCUT2D eigenvalue weighted by Gasteiger charge is -2.27. The second-order valence-corrected chi connectivity index (χ2v) is 4.98. The molecule has 0 amide bonds. The molecule has 6 nitrogen and oxygen atoms in total. The highest BCUT2D eigenvalue weighted by Gasteiger charge is 2.32. The van der Waals surface area contributed by atoms with Crippen LogP contribution in [0.25, 0.3) is 0 Å². The molecule has 6 N–H and O–H groups in total. The third kappa shape index (κ3) is 1.84. The molecule has 0 bridgehead atoms. The van der Waals surface area contributed by atoms with E-state index in [1.54, 1.807) is 0 Å². The highest BCUT2D eigenvalue weighted by atomic mass is 15.6. The molecule has 1 atom stereocenters. The zero-order chi connectivity index (χ0) is 12.8. The van der Waals surface area contributed by atoms with Crippen molar-refractivity contribution in [3.05, 3.63) is 34.9 Å². The first-order chi connectivity index (χ1) is 8.57. The van der Waals surface area contributed by atoms with Crippen molar-refractivity contribution in [2.24, 2.45) is 16.5 Å². The van der Waals surface area contributed by atoms with Gasteiger partial charge in [-0.1, -0.05) is 12.1 Å². The van der Waals surface area contributed by atoms with Gasteiger partial charge in [0, 0.05) is 18.7 Å². The highest BCUT2D eigenvalue weighted by Crippen LogP contribution is 2.25. The molecular formula is C12H18N6. The molecule has 2 aliphatic rings. The van der Waals surface area contributed by atoms with Crippen LogP contribution in [0.3, 0.4) is 0 Å². The first-order valence-corrected chi connectivity index (χ1v) is 6.05. The van der Waals surface area contributed by atoms with E-state index < -0.39 is 5.79 Å². The van der Waals surface area contributed by atoms with Crippen molar-refractivity contribution in [2.75, 3.05) is 13.6 Å². The van der Waals surface area contributed by atoms with E-state index >= 15 is 0 Å². The predicted molar refractivity (Wildman–Crippen MR) is 70.2 cm³/mol. The van der Waals surface area contributed by atoms with Crippen LogP contribution in [0.15, 0.2) is 23.2 Å². The molecule has 0 radical (unpaired) electrons. The Morgan fingerprint density at radius 3 is 2.94 bits per heavy atom. The first kappa shape index (κ1) is 11.5. The van der Waals surface area contributed by atoms with Crippen molar-refractivity contribution in [3.8, 4) is 0 Å². The molecule has 1 aromatic carbocycles. The Morgan fingerprint density at radius 2 is 2.22 bits per heavy atom. The van der Waals surface area contributed by atoms with Crippen LogP contribution in [0.4, 0.5) is 0 Å². The summed E-state index contributed by atoms with van der Waals surface area (Å²) in [5.74, 6) is -0.651. The number of nitrogens with zero attached hydrogens (tertiary/aromatic N) is 2. The molecule has 2 heterocycles. The Labute approximate surface area is 106 Å². The lowest BCUT2D eigenvalue weighted by atomic mass is 9.95. The molecule has 1 unspecified atom stereocenters. The lowest BCUT2D eigenvalue weighted by molar-refractivity contribution is 0.311. The summed E-state index contributed by atoms with van der Waals surface area (Å²) in [6.07, 6.45) is 1.08. The average Bonchev–Trinajstić information content (AvgIpc) is 2.69. The van der Waals surface area contributed by atoms with E-state index in [1.165, 1.54) is 11.1 Å². The summed E-state index contributed by atoms with van der Waals surface area (Å²) in [4.78, 5) is 6.49. The van der Waals surface area contributed by atoms with Gasteiger partial charge in [-0.2, -0.15) is 5.43 Å². The number of hydrogen-bond donors (Lipinski definition) is 4. The number of aliphatic imine (C=N–C) groups is 1. The molecule has 96 valence electrons. The van der Waals surface area contributed by atoms with Crippen molar-refractivity contribution in [2.45, 2.75) is 18.8 Å². The van der Waals surface area contributed by atoms with Gasteiger partial charge in [-0.25, -0.2) is 4.99 Å². The number of benzene rings is 1. The molecule has 2 aliphatic heterocycles. The lowest BCUT2D eigenvalue weighted by Crippen LogP contribution is -2.50. The van der Waals surface area contributed by atoms with Crippen molar-refractivity contribution >= 4 is 5.96 Å². The maximum absolute atomic E-state index is 6.18. The monoisotopic (exact) mass is 246 g/mol. The van der Waals surface area contributed by atoms with Crippen molar-refractivity contribution in [1.82, 2.24) is 15.8 Å². The standard InChI is InChI=1S/C12H18N6/c1-18-5-4-8-2-3-10(6-9(8)7-18)12(14)15-11(13)16-17-12/h2-3,6,17H,4-5,7,14H2,1H3,(H3,13,15,16). The number of nitrogens with two attached hydrogens (primary N) is 2. The maximum atomic E-state index is 6.18. The van der Waals surface area contributed by atoms with Crippen molar-refractivity contribution in [3.63, 3.8) is 0 Å². The average molecular weight is 246 g/mol. The third-order valence-electron chi connectivity index (χ3n) is 3.53. The molecule has 0 aromatic heterocycles. The molecule has 18 heavy (non-hydrogen) atoms. The Hall–Kier alpha value is -1.63. The minimum Gasteiger partial charge on any atom is -0.369 e. The van der Waals surface area contributed by atoms with Crippen molar-refractivity contribution < 1.29 is 0 Å². The number of nitrogens with one attached hydrogen (secondary N) is 2. The van der Waals surface area contributed by atoms with E-state index in [4.69, 9.17) is 11.5 Å². The van der Waals surface area contributed by atoms with Crippen LogP contribution in [0, 0.1) is 0 Å². The fourth-order valence-electron chi connectivity index (χ4n) is 2.48. The molecule has 1 aromatic rings. The Bertz CT molecular complexity index is 511. The van der Waals surface area contributed by atoms with E-state index in [-0.39, 0.29) is 0 Å². The molecule has 0 spiro atoms. The van der Waals surface area contributed by atoms with Crippen LogP contribution in [-0.4, -0.2) is 24.5 Å². The maximum Gasteiger partial charge on any atom is 0.209 e. The Balaban J connectivity index is 1.97. The second-order valence-electron chi connectivity index (χ2n) is 4.98. The molecule has 0 fully saturated rings. The number of hydrogen-bond acceptors (Lipinski definition) is 6. The predicted octanol–water partition coefficient (Wildman–Crippen LogP) is -0.834. The van der Waals surface area contributed by atoms with Crippen LogP contribution in [0.5, 0.6) is 0 Å². The Morgan fingerprint density at radius 1 is 1.39 bits per heavy atom. The van der Waals surface area contributed by atoms with E-state index in [0.717, 1.165) is 25.1 Å². The van der Waals surface area contributed by atoms with Gasteiger partial charge in [-0.3, -0.25) is 11.2 Å². The summed E-state index contributed by atoms with van der Waals surface area (Å²) < 4.78 is 0. The molecule has 0 aliphatic carbocycles. The fourth-order valence-corrected chi connectivity index (χ4v) is 2.48. The minimum atomic E-state index is -0.963. The Kier molecular flexibility index (Phi) is 2.51. The quantitative estimate of drug-likeness (QED) is 0.519. The van der Waals surface area contributed by atoms with E-state index in [2.05, 4.69) is 39.9 Å². The van der Waals surface area contributed by atoms with Gasteiger partial charge in [0.15, 0.2) is 0 Å². The SMILES string of the molecule is CN1CCc2ccc(C3(N)N=C(N)NN3)cc2C1. The largest absolute Gasteiger partial charge is 0.369 e. The van der Waals surface area contributed by atoms with Gasteiger partial charge in [0.1, 0.15) is 0 Å². The number of fused-ring (bicyclic) bond motifs is 1. The second kappa shape index (κ2) is 3.94. The number of rotatable bonds is 1. The summed E-state index contributed by atoms with van der Waals surface area (Å²) in [6, 6.07) is 6.26. The summed E-state index contributed by atoms with van der Waals surface area (Å²) in [5.41, 5.74) is 21.0. The summed E-state index contributed by atoms with van der Waals surface area (Å²) >= 11 is 0. The van der Waals surface area contributed by atoms with Crippen LogP contribution >= 0.6 is 0 Å². The number of likely N-dealkylation sites (N-methyl/N-ethyl adjacent to an activating group) is 1. The van der Waals surface area contributed by atoms with Gasteiger partial charge >= 0.3 is 0 Å². The van der Waals surface area contributed by atoms with Gasteiger partial charge in [0.25, 0.3) is 0 Å². The molecule has 6 heteroatoms. The number of guanidine groups is 1. The molecule has 3 rings (SSSR count). The normalized spacial score (nSPS) is 27.6. The zero-order valence-corrected chi connectivity index (χ0v) is 10.4. The first-order valence-electron chi connectivity index (χ1n) is 6.05. The highest BCUT2D eigenvalue weighted by molar-refractivity contribution is 5.79. The summed E-state index contributed by atoms with van der Waals surface area (Å²) in [5, 5.41) is 0. The number of hydrazine groups is 1. The van der Waals surface area contributed by atoms with Crippen LogP contribution in [0.2, 0.25) is 0 Å². The molecule has 0 saturated carbocycles.